The zero-order chi connectivity index (χ0) is 19.8. The Labute approximate surface area is 164 Å². The SMILES string of the molecule is CN(C)Cc1nnc(C2CC(NC(=O)C3CCC(C(C)(C)C)CC3)C2)n1C. The van der Waals surface area contributed by atoms with Gasteiger partial charge in [-0.25, -0.2) is 0 Å². The lowest BCUT2D eigenvalue weighted by Gasteiger charge is -2.39. The molecule has 3 rings (SSSR count). The van der Waals surface area contributed by atoms with Gasteiger partial charge in [-0.05, 0) is 64.0 Å². The molecule has 6 nitrogen and oxygen atoms in total. The summed E-state index contributed by atoms with van der Waals surface area (Å²) in [5.41, 5.74) is 0.365. The normalized spacial score (nSPS) is 28.9. The fraction of sp³-hybridized carbons (Fsp3) is 0.857. The first kappa shape index (κ1) is 20.3. The van der Waals surface area contributed by atoms with Crippen molar-refractivity contribution in [3.05, 3.63) is 11.6 Å². The number of carbonyl (C=O) groups excluding carboxylic acids is 1. The third-order valence-corrected chi connectivity index (χ3v) is 6.63. The monoisotopic (exact) mass is 375 g/mol. The average molecular weight is 376 g/mol. The lowest BCUT2D eigenvalue weighted by Crippen LogP contribution is -2.47. The first-order chi connectivity index (χ1) is 12.6. The summed E-state index contributed by atoms with van der Waals surface area (Å²) in [5, 5.41) is 12.0. The fourth-order valence-electron chi connectivity index (χ4n) is 4.64. The van der Waals surface area contributed by atoms with Gasteiger partial charge in [-0.2, -0.15) is 0 Å². The molecule has 0 atom stereocenters. The van der Waals surface area contributed by atoms with Crippen molar-refractivity contribution in [3.63, 3.8) is 0 Å². The standard InChI is InChI=1S/C21H37N5O/c1-21(2,3)16-9-7-14(8-10-16)20(27)22-17-11-15(12-17)19-24-23-18(26(19)6)13-25(4)5/h14-17H,7-13H2,1-6H3,(H,22,27). The number of nitrogens with one attached hydrogen (secondary N) is 1. The molecule has 0 aliphatic heterocycles. The van der Waals surface area contributed by atoms with Gasteiger partial charge in [0.25, 0.3) is 0 Å². The summed E-state index contributed by atoms with van der Waals surface area (Å²) in [4.78, 5) is 14.7. The van der Waals surface area contributed by atoms with Gasteiger partial charge in [0.05, 0.1) is 6.54 Å². The second kappa shape index (κ2) is 7.90. The van der Waals surface area contributed by atoms with E-state index in [1.54, 1.807) is 0 Å². The van der Waals surface area contributed by atoms with Crippen molar-refractivity contribution >= 4 is 5.91 Å². The van der Waals surface area contributed by atoms with Gasteiger partial charge in [-0.3, -0.25) is 4.79 Å². The quantitative estimate of drug-likeness (QED) is 0.859. The zero-order valence-electron chi connectivity index (χ0n) is 18.0. The molecule has 152 valence electrons. The molecule has 1 amide bonds. The van der Waals surface area contributed by atoms with Crippen molar-refractivity contribution in [3.8, 4) is 0 Å². The fourth-order valence-corrected chi connectivity index (χ4v) is 4.64. The first-order valence-electron chi connectivity index (χ1n) is 10.5. The van der Waals surface area contributed by atoms with Gasteiger partial charge in [0.2, 0.25) is 5.91 Å². The van der Waals surface area contributed by atoms with Crippen molar-refractivity contribution < 1.29 is 4.79 Å². The van der Waals surface area contributed by atoms with Crippen molar-refractivity contribution in [2.75, 3.05) is 14.1 Å². The zero-order valence-corrected chi connectivity index (χ0v) is 18.0. The molecular weight excluding hydrogens is 338 g/mol. The van der Waals surface area contributed by atoms with Crippen LogP contribution >= 0.6 is 0 Å². The second-order valence-electron chi connectivity index (χ2n) is 10.1. The molecular formula is C21H37N5O. The molecule has 0 radical (unpaired) electrons. The Balaban J connectivity index is 1.44. The van der Waals surface area contributed by atoms with E-state index in [0.29, 0.717) is 17.4 Å². The highest BCUT2D eigenvalue weighted by Gasteiger charge is 2.37. The molecule has 1 N–H and O–H groups in total. The minimum atomic E-state index is 0.212. The molecule has 2 fully saturated rings. The van der Waals surface area contributed by atoms with Crippen LogP contribution in [-0.2, 0) is 18.4 Å². The summed E-state index contributed by atoms with van der Waals surface area (Å²) in [6.45, 7) is 7.77. The minimum Gasteiger partial charge on any atom is -0.353 e. The highest BCUT2D eigenvalue weighted by Crippen LogP contribution is 2.40. The topological polar surface area (TPSA) is 63.1 Å². The lowest BCUT2D eigenvalue weighted by atomic mass is 9.69. The van der Waals surface area contributed by atoms with Crippen molar-refractivity contribution in [2.24, 2.45) is 24.3 Å². The maximum absolute atomic E-state index is 12.6. The number of amides is 1. The predicted molar refractivity (Wildman–Crippen MR) is 107 cm³/mol. The first-order valence-corrected chi connectivity index (χ1v) is 10.5. The molecule has 2 saturated carbocycles. The number of hydrogen-bond donors (Lipinski definition) is 1. The molecule has 1 heterocycles. The van der Waals surface area contributed by atoms with Gasteiger partial charge < -0.3 is 14.8 Å². The summed E-state index contributed by atoms with van der Waals surface area (Å²) in [6.07, 6.45) is 6.42. The smallest absolute Gasteiger partial charge is 0.223 e. The minimum absolute atomic E-state index is 0.212. The maximum Gasteiger partial charge on any atom is 0.223 e. The molecule has 27 heavy (non-hydrogen) atoms. The van der Waals surface area contributed by atoms with E-state index >= 15 is 0 Å². The van der Waals surface area contributed by atoms with E-state index in [1.807, 2.05) is 21.1 Å². The Hall–Kier alpha value is -1.43. The Bertz CT molecular complexity index is 646. The van der Waals surface area contributed by atoms with Crippen LogP contribution in [-0.4, -0.2) is 45.7 Å². The van der Waals surface area contributed by atoms with Gasteiger partial charge in [-0.15, -0.1) is 10.2 Å². The summed E-state index contributed by atoms with van der Waals surface area (Å²) in [5.74, 6) is 3.71. The van der Waals surface area contributed by atoms with Crippen LogP contribution in [0.15, 0.2) is 0 Å². The summed E-state index contributed by atoms with van der Waals surface area (Å²) < 4.78 is 2.12. The van der Waals surface area contributed by atoms with E-state index < -0.39 is 0 Å². The van der Waals surface area contributed by atoms with Gasteiger partial charge >= 0.3 is 0 Å². The molecule has 6 heteroatoms. The molecule has 1 aromatic rings. The molecule has 0 saturated heterocycles. The van der Waals surface area contributed by atoms with Crippen LogP contribution in [0.4, 0.5) is 0 Å². The number of aromatic nitrogens is 3. The molecule has 0 spiro atoms. The molecule has 0 bridgehead atoms. The largest absolute Gasteiger partial charge is 0.353 e. The Morgan fingerprint density at radius 3 is 2.33 bits per heavy atom. The van der Waals surface area contributed by atoms with Crippen molar-refractivity contribution in [1.82, 2.24) is 25.0 Å². The number of rotatable bonds is 5. The molecule has 2 aliphatic rings. The van der Waals surface area contributed by atoms with Crippen LogP contribution in [0, 0.1) is 17.3 Å². The molecule has 0 unspecified atom stereocenters. The third-order valence-electron chi connectivity index (χ3n) is 6.63. The van der Waals surface area contributed by atoms with Crippen LogP contribution in [0.25, 0.3) is 0 Å². The third kappa shape index (κ3) is 4.71. The second-order valence-corrected chi connectivity index (χ2v) is 10.1. The Kier molecular flexibility index (Phi) is 5.94. The maximum atomic E-state index is 12.6. The van der Waals surface area contributed by atoms with Gasteiger partial charge in [0, 0.05) is 24.9 Å². The van der Waals surface area contributed by atoms with Crippen LogP contribution in [0.2, 0.25) is 0 Å². The van der Waals surface area contributed by atoms with Gasteiger partial charge in [0.15, 0.2) is 0 Å². The van der Waals surface area contributed by atoms with E-state index in [0.717, 1.165) is 49.8 Å². The molecule has 0 aromatic carbocycles. The van der Waals surface area contributed by atoms with Gasteiger partial charge in [-0.1, -0.05) is 20.8 Å². The van der Waals surface area contributed by atoms with E-state index in [4.69, 9.17) is 0 Å². The van der Waals surface area contributed by atoms with Crippen molar-refractivity contribution in [2.45, 2.75) is 77.8 Å². The molecule has 1 aromatic heterocycles. The van der Waals surface area contributed by atoms with Crippen LogP contribution in [0.3, 0.4) is 0 Å². The lowest BCUT2D eigenvalue weighted by molar-refractivity contribution is -0.128. The number of carbonyl (C=O) groups is 1. The Morgan fingerprint density at radius 2 is 1.78 bits per heavy atom. The average Bonchev–Trinajstić information content (AvgIpc) is 2.89. The highest BCUT2D eigenvalue weighted by atomic mass is 16.1. The summed E-state index contributed by atoms with van der Waals surface area (Å²) >= 11 is 0. The van der Waals surface area contributed by atoms with E-state index in [2.05, 4.69) is 45.8 Å². The summed E-state index contributed by atoms with van der Waals surface area (Å²) in [6, 6.07) is 0.303. The van der Waals surface area contributed by atoms with E-state index in [9.17, 15) is 4.79 Å². The number of hydrogen-bond acceptors (Lipinski definition) is 4. The van der Waals surface area contributed by atoms with Crippen molar-refractivity contribution in [1.29, 1.82) is 0 Å². The van der Waals surface area contributed by atoms with Crippen LogP contribution in [0.5, 0.6) is 0 Å². The Morgan fingerprint density at radius 1 is 1.15 bits per heavy atom. The highest BCUT2D eigenvalue weighted by molar-refractivity contribution is 5.79. The van der Waals surface area contributed by atoms with E-state index in [-0.39, 0.29) is 11.8 Å². The van der Waals surface area contributed by atoms with Gasteiger partial charge in [0.1, 0.15) is 11.6 Å². The van der Waals surface area contributed by atoms with Crippen LogP contribution < -0.4 is 5.32 Å². The summed E-state index contributed by atoms with van der Waals surface area (Å²) in [7, 11) is 6.13. The number of nitrogens with zero attached hydrogens (tertiary/aromatic N) is 4. The van der Waals surface area contributed by atoms with E-state index in [1.165, 1.54) is 12.8 Å². The predicted octanol–water partition coefficient (Wildman–Crippen LogP) is 3.09. The molecule has 2 aliphatic carbocycles. The van der Waals surface area contributed by atoms with Crippen LogP contribution in [0.1, 0.15) is 76.9 Å².